The average Bonchev–Trinajstić information content (AvgIpc) is 3.71. The highest BCUT2D eigenvalue weighted by molar-refractivity contribution is 5.87. The van der Waals surface area contributed by atoms with Crippen molar-refractivity contribution in [2.24, 2.45) is 5.73 Å². The molecule has 2 amide bonds. The van der Waals surface area contributed by atoms with Gasteiger partial charge in [-0.05, 0) is 80.1 Å². The summed E-state index contributed by atoms with van der Waals surface area (Å²) in [6.07, 6.45) is 7.65. The number of phenolic OH excluding ortho intramolecular Hbond substituents is 1. The van der Waals surface area contributed by atoms with Crippen molar-refractivity contribution < 1.29 is 14.7 Å². The van der Waals surface area contributed by atoms with Crippen LogP contribution < -0.4 is 11.1 Å². The quantitative estimate of drug-likeness (QED) is 0.153. The predicted octanol–water partition coefficient (Wildman–Crippen LogP) is 5.54. The third-order valence-corrected chi connectivity index (χ3v) is 9.32. The minimum atomic E-state index is -0.774. The van der Waals surface area contributed by atoms with Crippen LogP contribution in [0.15, 0.2) is 79.1 Å². The third-order valence-electron chi connectivity index (χ3n) is 9.32. The zero-order chi connectivity index (χ0) is 34.3. The number of carbonyl (C=O) groups excluding carboxylic acids is 2. The molecule has 3 heterocycles. The molecule has 4 N–H and O–H groups in total. The van der Waals surface area contributed by atoms with Gasteiger partial charge in [0.2, 0.25) is 11.8 Å². The number of hydrogen-bond acceptors (Lipinski definition) is 7. The number of nitrogens with one attached hydrogen (secondary N) is 1. The number of hydrogen-bond donors (Lipinski definition) is 3. The summed E-state index contributed by atoms with van der Waals surface area (Å²) < 4.78 is 1.84. The molecule has 4 aromatic rings. The van der Waals surface area contributed by atoms with E-state index < -0.39 is 11.9 Å². The number of benzene rings is 2. The summed E-state index contributed by atoms with van der Waals surface area (Å²) in [7, 11) is 2.11. The molecule has 1 saturated heterocycles. The van der Waals surface area contributed by atoms with Crippen molar-refractivity contribution >= 4 is 17.6 Å². The van der Waals surface area contributed by atoms with Crippen molar-refractivity contribution in [3.05, 3.63) is 90.3 Å². The van der Waals surface area contributed by atoms with Crippen LogP contribution in [0.3, 0.4) is 0 Å². The molecule has 1 fully saturated rings. The van der Waals surface area contributed by atoms with E-state index in [1.807, 2.05) is 22.9 Å². The number of anilines is 1. The summed E-state index contributed by atoms with van der Waals surface area (Å²) in [4.78, 5) is 35.2. The fraction of sp³-hybridized carbons (Fsp3) is 0.421. The van der Waals surface area contributed by atoms with Crippen LogP contribution >= 0.6 is 0 Å². The fourth-order valence-electron chi connectivity index (χ4n) is 6.45. The van der Waals surface area contributed by atoms with Crippen LogP contribution in [0.2, 0.25) is 0 Å². The minimum Gasteiger partial charge on any atom is -0.508 e. The molecule has 1 unspecified atom stereocenters. The molecule has 0 spiro atoms. The summed E-state index contributed by atoms with van der Waals surface area (Å²) >= 11 is 0. The van der Waals surface area contributed by atoms with Crippen LogP contribution in [-0.4, -0.2) is 80.3 Å². The van der Waals surface area contributed by atoms with Gasteiger partial charge in [-0.3, -0.25) is 14.6 Å². The number of aromatic nitrogens is 3. The van der Waals surface area contributed by atoms with Gasteiger partial charge in [-0.15, -0.1) is 0 Å². The van der Waals surface area contributed by atoms with Crippen LogP contribution in [0, 0.1) is 0 Å². The number of phenols is 1. The van der Waals surface area contributed by atoms with Crippen LogP contribution in [0.5, 0.6) is 5.75 Å². The van der Waals surface area contributed by atoms with Crippen molar-refractivity contribution in [1.82, 2.24) is 24.6 Å². The van der Waals surface area contributed by atoms with Crippen molar-refractivity contribution in [1.29, 1.82) is 0 Å². The summed E-state index contributed by atoms with van der Waals surface area (Å²) in [6, 6.07) is 20.6. The van der Waals surface area contributed by atoms with Crippen molar-refractivity contribution in [3.8, 4) is 22.7 Å². The largest absolute Gasteiger partial charge is 0.508 e. The van der Waals surface area contributed by atoms with Crippen LogP contribution in [0.1, 0.15) is 64.0 Å². The second-order valence-electron chi connectivity index (χ2n) is 13.8. The smallest absolute Gasteiger partial charge is 0.240 e. The lowest BCUT2D eigenvalue weighted by molar-refractivity contribution is -0.139. The summed E-state index contributed by atoms with van der Waals surface area (Å²) in [5.74, 6) is 0.321. The van der Waals surface area contributed by atoms with E-state index in [1.165, 1.54) is 5.56 Å². The van der Waals surface area contributed by atoms with Crippen molar-refractivity contribution in [2.75, 3.05) is 32.0 Å². The van der Waals surface area contributed by atoms with Crippen LogP contribution in [0.4, 0.5) is 5.82 Å². The molecule has 10 nitrogen and oxygen atoms in total. The number of rotatable bonds is 14. The molecule has 10 heteroatoms. The van der Waals surface area contributed by atoms with Gasteiger partial charge in [0.05, 0.1) is 17.6 Å². The summed E-state index contributed by atoms with van der Waals surface area (Å²) in [5.41, 5.74) is 10.8. The molecule has 0 radical (unpaired) electrons. The molecule has 5 rings (SSSR count). The first-order valence-corrected chi connectivity index (χ1v) is 16.9. The van der Waals surface area contributed by atoms with E-state index in [4.69, 9.17) is 10.7 Å². The van der Waals surface area contributed by atoms with E-state index >= 15 is 0 Å². The molecule has 2 atom stereocenters. The maximum atomic E-state index is 13.8. The van der Waals surface area contributed by atoms with Gasteiger partial charge in [-0.25, -0.2) is 4.68 Å². The molecule has 2 aromatic carbocycles. The van der Waals surface area contributed by atoms with Gasteiger partial charge >= 0.3 is 0 Å². The Morgan fingerprint density at radius 1 is 1.06 bits per heavy atom. The van der Waals surface area contributed by atoms with Gasteiger partial charge in [0, 0.05) is 49.8 Å². The van der Waals surface area contributed by atoms with Gasteiger partial charge in [0.15, 0.2) is 0 Å². The SMILES string of the molecule is CN1CCCC1CCN(C(=O)CCCNc1ccnn1-c1cccnc1-c1ccc(C(C)(C)C)cc1)[C@@H](Cc1ccc(O)cc1)C(N)=O. The van der Waals surface area contributed by atoms with Crippen LogP contribution in [-0.2, 0) is 21.4 Å². The molecular weight excluding hydrogens is 602 g/mol. The standard InChI is InChI=1S/C38H49N7O3/c1-38(2,3)29-15-13-28(14-16-29)36-32(9-5-22-41-36)45-34(19-23-42-45)40-21-6-10-35(47)44(25-20-30-8-7-24-43(30)4)33(37(39)48)26-27-11-17-31(46)18-12-27/h5,9,11-19,22-23,30,33,40,46H,6-8,10,20-21,24-26H2,1-4H3,(H2,39,48)/t30?,33-/m0/s1. The monoisotopic (exact) mass is 651 g/mol. The first-order chi connectivity index (χ1) is 23.0. The number of primary amides is 1. The number of likely N-dealkylation sites (tertiary alicyclic amines) is 1. The summed E-state index contributed by atoms with van der Waals surface area (Å²) in [5, 5.41) is 17.8. The highest BCUT2D eigenvalue weighted by Crippen LogP contribution is 2.29. The summed E-state index contributed by atoms with van der Waals surface area (Å²) in [6.45, 7) is 8.63. The molecule has 2 aromatic heterocycles. The lowest BCUT2D eigenvalue weighted by atomic mass is 9.86. The zero-order valence-electron chi connectivity index (χ0n) is 28.6. The lowest BCUT2D eigenvalue weighted by Gasteiger charge is -2.32. The molecule has 0 bridgehead atoms. The van der Waals surface area contributed by atoms with E-state index in [0.717, 1.165) is 54.1 Å². The number of carbonyl (C=O) groups is 2. The molecule has 48 heavy (non-hydrogen) atoms. The molecule has 0 saturated carbocycles. The first-order valence-electron chi connectivity index (χ1n) is 16.9. The Morgan fingerprint density at radius 2 is 1.81 bits per heavy atom. The van der Waals surface area contributed by atoms with E-state index in [-0.39, 0.29) is 23.5 Å². The van der Waals surface area contributed by atoms with E-state index in [1.54, 1.807) is 41.6 Å². The lowest BCUT2D eigenvalue weighted by Crippen LogP contribution is -2.50. The Hall–Kier alpha value is -4.70. The van der Waals surface area contributed by atoms with E-state index in [9.17, 15) is 14.7 Å². The molecular formula is C38H49N7O3. The topological polar surface area (TPSA) is 130 Å². The van der Waals surface area contributed by atoms with Gasteiger partial charge in [-0.2, -0.15) is 5.10 Å². The second-order valence-corrected chi connectivity index (χ2v) is 13.8. The Labute approximate surface area is 284 Å². The van der Waals surface area contributed by atoms with Crippen molar-refractivity contribution in [2.45, 2.75) is 76.8 Å². The zero-order valence-corrected chi connectivity index (χ0v) is 28.6. The highest BCUT2D eigenvalue weighted by atomic mass is 16.3. The first kappa shape index (κ1) is 34.6. The second kappa shape index (κ2) is 15.5. The number of pyridine rings is 1. The molecule has 1 aliphatic rings. The highest BCUT2D eigenvalue weighted by Gasteiger charge is 2.30. The van der Waals surface area contributed by atoms with Crippen LogP contribution in [0.25, 0.3) is 16.9 Å². The number of amides is 2. The van der Waals surface area contributed by atoms with Crippen molar-refractivity contribution in [3.63, 3.8) is 0 Å². The molecule has 254 valence electrons. The Morgan fingerprint density at radius 3 is 2.48 bits per heavy atom. The Bertz CT molecular complexity index is 1660. The third kappa shape index (κ3) is 8.60. The van der Waals surface area contributed by atoms with E-state index in [2.05, 4.69) is 67.4 Å². The maximum Gasteiger partial charge on any atom is 0.240 e. The Kier molecular flexibility index (Phi) is 11.2. The molecule has 0 aliphatic carbocycles. The fourth-order valence-corrected chi connectivity index (χ4v) is 6.45. The normalized spacial score (nSPS) is 15.7. The minimum absolute atomic E-state index is 0.0587. The average molecular weight is 652 g/mol. The number of nitrogens with zero attached hydrogens (tertiary/aromatic N) is 5. The number of aromatic hydroxyl groups is 1. The molecule has 1 aliphatic heterocycles. The van der Waals surface area contributed by atoms with Gasteiger partial charge in [-0.1, -0.05) is 57.2 Å². The van der Waals surface area contributed by atoms with Gasteiger partial charge in [0.25, 0.3) is 0 Å². The van der Waals surface area contributed by atoms with Gasteiger partial charge in [0.1, 0.15) is 17.6 Å². The predicted molar refractivity (Wildman–Crippen MR) is 190 cm³/mol. The van der Waals surface area contributed by atoms with E-state index in [0.29, 0.717) is 32.0 Å². The Balaban J connectivity index is 1.26. The maximum absolute atomic E-state index is 13.8. The van der Waals surface area contributed by atoms with Gasteiger partial charge < -0.3 is 26.0 Å². The number of nitrogens with two attached hydrogens (primary N) is 1.